The summed E-state index contributed by atoms with van der Waals surface area (Å²) in [6.07, 6.45) is 2.15. The number of ether oxygens (including phenoxy) is 3. The number of amides is 3. The van der Waals surface area contributed by atoms with E-state index in [-0.39, 0.29) is 36.7 Å². The number of carbonyl (C=O) groups excluding carboxylic acids is 2. The Balaban J connectivity index is 1.86. The summed E-state index contributed by atoms with van der Waals surface area (Å²) >= 11 is 0. The highest BCUT2D eigenvalue weighted by Gasteiger charge is 2.31. The highest BCUT2D eigenvalue weighted by molar-refractivity contribution is 5.98. The van der Waals surface area contributed by atoms with Crippen LogP contribution >= 0.6 is 0 Å². The first-order chi connectivity index (χ1) is 20.0. The minimum atomic E-state index is -0.433. The number of nitrogens with zero attached hydrogens (tertiary/aromatic N) is 3. The lowest BCUT2D eigenvalue weighted by Crippen LogP contribution is -2.48. The second kappa shape index (κ2) is 15.7. The maximum atomic E-state index is 14.1. The molecule has 3 amide bonds. The number of anilines is 2. The molecule has 0 aromatic heterocycles. The molecule has 1 aliphatic rings. The quantitative estimate of drug-likeness (QED) is 0.485. The van der Waals surface area contributed by atoms with Gasteiger partial charge >= 0.3 is 6.03 Å². The molecule has 0 bridgehead atoms. The van der Waals surface area contributed by atoms with Crippen LogP contribution in [-0.4, -0.2) is 99.7 Å². The highest BCUT2D eigenvalue weighted by atomic mass is 16.5. The third-order valence-corrected chi connectivity index (χ3v) is 7.69. The Hall–Kier alpha value is -3.50. The summed E-state index contributed by atoms with van der Waals surface area (Å²) in [4.78, 5) is 32.4. The van der Waals surface area contributed by atoms with Crippen LogP contribution in [0, 0.1) is 5.92 Å². The molecule has 2 N–H and O–H groups in total. The first-order valence-corrected chi connectivity index (χ1v) is 14.7. The van der Waals surface area contributed by atoms with Crippen LogP contribution in [0.5, 0.6) is 11.5 Å². The second-order valence-electron chi connectivity index (χ2n) is 11.4. The van der Waals surface area contributed by atoms with Crippen LogP contribution in [0.1, 0.15) is 50.4 Å². The van der Waals surface area contributed by atoms with Crippen LogP contribution < -0.4 is 19.7 Å². The summed E-state index contributed by atoms with van der Waals surface area (Å²) in [5.41, 5.74) is 2.01. The summed E-state index contributed by atoms with van der Waals surface area (Å²) in [6, 6.07) is 12.1. The molecule has 3 rings (SSSR count). The Morgan fingerprint density at radius 3 is 2.50 bits per heavy atom. The van der Waals surface area contributed by atoms with Gasteiger partial charge in [0.05, 0.1) is 37.5 Å². The van der Waals surface area contributed by atoms with Crippen molar-refractivity contribution in [3.8, 4) is 11.5 Å². The minimum Gasteiger partial charge on any atom is -0.497 e. The molecule has 232 valence electrons. The van der Waals surface area contributed by atoms with Gasteiger partial charge in [-0.1, -0.05) is 6.92 Å². The van der Waals surface area contributed by atoms with Crippen LogP contribution in [0.25, 0.3) is 0 Å². The van der Waals surface area contributed by atoms with Gasteiger partial charge in [-0.05, 0) is 75.6 Å². The maximum Gasteiger partial charge on any atom is 0.321 e. The van der Waals surface area contributed by atoms with Gasteiger partial charge in [0.25, 0.3) is 5.91 Å². The van der Waals surface area contributed by atoms with E-state index >= 15 is 0 Å². The lowest BCUT2D eigenvalue weighted by atomic mass is 10.0. The van der Waals surface area contributed by atoms with Crippen molar-refractivity contribution in [1.82, 2.24) is 9.80 Å². The molecular formula is C32H48N4O6. The predicted molar refractivity (Wildman–Crippen MR) is 166 cm³/mol. The van der Waals surface area contributed by atoms with E-state index < -0.39 is 6.04 Å². The van der Waals surface area contributed by atoms with Crippen LogP contribution in [-0.2, 0) is 4.74 Å². The molecular weight excluding hydrogens is 536 g/mol. The first kappa shape index (κ1) is 33.0. The van der Waals surface area contributed by atoms with Crippen molar-refractivity contribution in [2.45, 2.75) is 58.3 Å². The molecule has 42 heavy (non-hydrogen) atoms. The molecule has 0 fully saturated rings. The third kappa shape index (κ3) is 9.00. The molecule has 2 aromatic rings. The van der Waals surface area contributed by atoms with E-state index in [0.29, 0.717) is 42.4 Å². The number of aliphatic hydroxyl groups is 1. The normalized spacial score (nSPS) is 20.9. The SMILES string of the molecule is COc1ccc(NC(=O)N(C)C[C@@H]2OCCCC[C@H](C)Oc3ccc(N(C)C)cc3C(=O)N([C@H](C)CO)C[C@H]2C)cc1. The Bertz CT molecular complexity index is 1160. The Morgan fingerprint density at radius 1 is 1.14 bits per heavy atom. The number of aliphatic hydroxyl groups excluding tert-OH is 1. The molecule has 0 unspecified atom stereocenters. The lowest BCUT2D eigenvalue weighted by molar-refractivity contribution is -0.0115. The van der Waals surface area contributed by atoms with Crippen molar-refractivity contribution in [3.05, 3.63) is 48.0 Å². The van der Waals surface area contributed by atoms with E-state index in [1.165, 1.54) is 0 Å². The number of hydrogen-bond acceptors (Lipinski definition) is 7. The van der Waals surface area contributed by atoms with Crippen molar-refractivity contribution in [2.24, 2.45) is 5.92 Å². The zero-order chi connectivity index (χ0) is 30.8. The number of rotatable bonds is 7. The van der Waals surface area contributed by atoms with Crippen LogP contribution in [0.15, 0.2) is 42.5 Å². The standard InChI is InChI=1S/C32H48N4O6/c1-22-19-36(23(2)21-37)31(38)28-18-26(34(4)5)13-16-29(28)42-24(3)10-8-9-17-41-30(22)20-35(6)32(39)33-25-11-14-27(40-7)15-12-25/h11-16,18,22-24,30,37H,8-10,17,19-21H2,1-7H3,(H,33,39)/t22-,23-,24+,30+/m1/s1. The summed E-state index contributed by atoms with van der Waals surface area (Å²) in [7, 11) is 7.19. The van der Waals surface area contributed by atoms with Gasteiger partial charge in [-0.2, -0.15) is 0 Å². The van der Waals surface area contributed by atoms with Crippen LogP contribution in [0.2, 0.25) is 0 Å². The zero-order valence-corrected chi connectivity index (χ0v) is 26.1. The molecule has 0 saturated heterocycles. The monoisotopic (exact) mass is 584 g/mol. The van der Waals surface area contributed by atoms with E-state index in [1.807, 2.05) is 58.0 Å². The van der Waals surface area contributed by atoms with Crippen LogP contribution in [0.4, 0.5) is 16.2 Å². The molecule has 0 radical (unpaired) electrons. The molecule has 2 aromatic carbocycles. The smallest absolute Gasteiger partial charge is 0.321 e. The molecule has 4 atom stereocenters. The summed E-state index contributed by atoms with van der Waals surface area (Å²) in [5.74, 6) is 0.903. The minimum absolute atomic E-state index is 0.0871. The Labute approximate surface area is 250 Å². The average Bonchev–Trinajstić information content (AvgIpc) is 2.98. The fraction of sp³-hybridized carbons (Fsp3) is 0.562. The number of hydrogen-bond donors (Lipinski definition) is 2. The molecule has 1 heterocycles. The molecule has 10 heteroatoms. The van der Waals surface area contributed by atoms with Crippen molar-refractivity contribution in [2.75, 3.05) is 64.8 Å². The number of methoxy groups -OCH3 is 1. The third-order valence-electron chi connectivity index (χ3n) is 7.69. The van der Waals surface area contributed by atoms with Crippen molar-refractivity contribution < 1.29 is 28.9 Å². The molecule has 0 saturated carbocycles. The summed E-state index contributed by atoms with van der Waals surface area (Å²) in [5, 5.41) is 13.0. The number of carbonyl (C=O) groups is 2. The fourth-order valence-corrected chi connectivity index (χ4v) is 4.90. The Morgan fingerprint density at radius 2 is 1.86 bits per heavy atom. The van der Waals surface area contributed by atoms with Gasteiger partial charge in [0.15, 0.2) is 0 Å². The summed E-state index contributed by atoms with van der Waals surface area (Å²) < 4.78 is 17.8. The molecule has 1 aliphatic heterocycles. The van der Waals surface area contributed by atoms with Crippen molar-refractivity contribution in [3.63, 3.8) is 0 Å². The van der Waals surface area contributed by atoms with Gasteiger partial charge in [-0.25, -0.2) is 4.79 Å². The van der Waals surface area contributed by atoms with Gasteiger partial charge in [-0.15, -0.1) is 0 Å². The van der Waals surface area contributed by atoms with E-state index in [9.17, 15) is 14.7 Å². The van der Waals surface area contributed by atoms with Gasteiger partial charge in [-0.3, -0.25) is 4.79 Å². The second-order valence-corrected chi connectivity index (χ2v) is 11.4. The number of nitrogens with one attached hydrogen (secondary N) is 1. The molecule has 10 nitrogen and oxygen atoms in total. The largest absolute Gasteiger partial charge is 0.497 e. The van der Waals surface area contributed by atoms with Crippen LogP contribution in [0.3, 0.4) is 0 Å². The maximum absolute atomic E-state index is 14.1. The van der Waals surface area contributed by atoms with E-state index in [4.69, 9.17) is 14.2 Å². The Kier molecular flexibility index (Phi) is 12.3. The topological polar surface area (TPSA) is 104 Å². The van der Waals surface area contributed by atoms with Crippen molar-refractivity contribution in [1.29, 1.82) is 0 Å². The van der Waals surface area contributed by atoms with Gasteiger partial charge in [0, 0.05) is 58.1 Å². The number of benzene rings is 2. The van der Waals surface area contributed by atoms with E-state index in [2.05, 4.69) is 5.32 Å². The molecule has 0 spiro atoms. The zero-order valence-electron chi connectivity index (χ0n) is 26.1. The lowest BCUT2D eigenvalue weighted by Gasteiger charge is -2.36. The fourth-order valence-electron chi connectivity index (χ4n) is 4.90. The predicted octanol–water partition coefficient (Wildman–Crippen LogP) is 4.72. The van der Waals surface area contributed by atoms with Gasteiger partial charge in [0.1, 0.15) is 11.5 Å². The van der Waals surface area contributed by atoms with Crippen molar-refractivity contribution >= 4 is 23.3 Å². The number of urea groups is 1. The first-order valence-electron chi connectivity index (χ1n) is 14.7. The number of fused-ring (bicyclic) bond motifs is 1. The van der Waals surface area contributed by atoms with Gasteiger partial charge in [0.2, 0.25) is 0 Å². The summed E-state index contributed by atoms with van der Waals surface area (Å²) in [6.45, 7) is 6.87. The van der Waals surface area contributed by atoms with E-state index in [0.717, 1.165) is 24.9 Å². The molecule has 0 aliphatic carbocycles. The number of likely N-dealkylation sites (N-methyl/N-ethyl adjacent to an activating group) is 1. The highest BCUT2D eigenvalue weighted by Crippen LogP contribution is 2.29. The van der Waals surface area contributed by atoms with Gasteiger partial charge < -0.3 is 39.3 Å². The average molecular weight is 585 g/mol. The van der Waals surface area contributed by atoms with E-state index in [1.54, 1.807) is 48.2 Å².